The molecular formula is C22H21N3O6S. The number of esters is 1. The zero-order valence-electron chi connectivity index (χ0n) is 17.6. The lowest BCUT2D eigenvalue weighted by molar-refractivity contribution is -0.146. The minimum atomic E-state index is -0.985. The van der Waals surface area contributed by atoms with Gasteiger partial charge in [-0.05, 0) is 48.6 Å². The van der Waals surface area contributed by atoms with Crippen LogP contribution in [-0.2, 0) is 27.3 Å². The van der Waals surface area contributed by atoms with Crippen molar-refractivity contribution in [2.45, 2.75) is 39.3 Å². The van der Waals surface area contributed by atoms with Crippen LogP contribution >= 0.6 is 11.3 Å². The van der Waals surface area contributed by atoms with Crippen LogP contribution in [0.3, 0.4) is 0 Å². The molecule has 0 N–H and O–H groups in total. The number of hydrogen-bond acceptors (Lipinski definition) is 8. The maximum absolute atomic E-state index is 12.7. The standard InChI is InChI=1S/C22H21N3O6S/c1-13(20(28)16-5-6-17-15(12-16)7-9-24(17)14(2)26)30-19(27)8-10-25-22(29)31-21(23-25)18-4-3-11-32-18/h3-6,11-13H,7-10H2,1-2H3. The van der Waals surface area contributed by atoms with Crippen LogP contribution in [0.4, 0.5) is 5.69 Å². The van der Waals surface area contributed by atoms with E-state index in [4.69, 9.17) is 9.15 Å². The third kappa shape index (κ3) is 4.40. The molecular weight excluding hydrogens is 434 g/mol. The van der Waals surface area contributed by atoms with Gasteiger partial charge in [-0.3, -0.25) is 14.4 Å². The highest BCUT2D eigenvalue weighted by atomic mass is 32.1. The number of fused-ring (bicyclic) bond motifs is 1. The predicted molar refractivity (Wildman–Crippen MR) is 117 cm³/mol. The van der Waals surface area contributed by atoms with Gasteiger partial charge in [0.2, 0.25) is 11.7 Å². The summed E-state index contributed by atoms with van der Waals surface area (Å²) in [6.45, 7) is 3.58. The van der Waals surface area contributed by atoms with Gasteiger partial charge in [-0.2, -0.15) is 4.68 Å². The molecule has 2 aromatic heterocycles. The van der Waals surface area contributed by atoms with Gasteiger partial charge in [0.15, 0.2) is 6.10 Å². The van der Waals surface area contributed by atoms with Crippen molar-refractivity contribution in [2.24, 2.45) is 0 Å². The average Bonchev–Trinajstić information content (AvgIpc) is 3.50. The van der Waals surface area contributed by atoms with Crippen LogP contribution in [0.25, 0.3) is 10.8 Å². The van der Waals surface area contributed by atoms with E-state index in [0.717, 1.165) is 15.9 Å². The maximum atomic E-state index is 12.7. The van der Waals surface area contributed by atoms with E-state index >= 15 is 0 Å². The Hall–Kier alpha value is -3.53. The number of hydrogen-bond donors (Lipinski definition) is 0. The van der Waals surface area contributed by atoms with Gasteiger partial charge in [-0.15, -0.1) is 16.4 Å². The van der Waals surface area contributed by atoms with Gasteiger partial charge in [0.05, 0.1) is 17.8 Å². The van der Waals surface area contributed by atoms with E-state index in [1.54, 1.807) is 29.2 Å². The van der Waals surface area contributed by atoms with Gasteiger partial charge in [0.1, 0.15) is 0 Å². The number of thiophene rings is 1. The van der Waals surface area contributed by atoms with Crippen LogP contribution in [0.5, 0.6) is 0 Å². The second-order valence-corrected chi connectivity index (χ2v) is 8.33. The molecule has 1 amide bonds. The average molecular weight is 455 g/mol. The Morgan fingerprint density at radius 1 is 1.28 bits per heavy atom. The number of benzene rings is 1. The molecule has 1 atom stereocenters. The molecule has 0 fully saturated rings. The Bertz CT molecular complexity index is 1230. The molecule has 3 aromatic rings. The van der Waals surface area contributed by atoms with Crippen molar-refractivity contribution in [3.05, 3.63) is 57.4 Å². The van der Waals surface area contributed by atoms with Crippen molar-refractivity contribution in [1.82, 2.24) is 9.78 Å². The molecule has 9 nitrogen and oxygen atoms in total. The van der Waals surface area contributed by atoms with E-state index in [0.29, 0.717) is 23.4 Å². The van der Waals surface area contributed by atoms with Crippen molar-refractivity contribution in [3.8, 4) is 10.8 Å². The molecule has 1 aliphatic heterocycles. The first-order valence-electron chi connectivity index (χ1n) is 10.1. The third-order valence-electron chi connectivity index (χ3n) is 5.18. The third-order valence-corrected chi connectivity index (χ3v) is 6.04. The van der Waals surface area contributed by atoms with Gasteiger partial charge in [0.25, 0.3) is 5.89 Å². The fourth-order valence-electron chi connectivity index (χ4n) is 3.57. The number of ketones is 1. The number of anilines is 1. The normalized spacial score (nSPS) is 13.6. The topological polar surface area (TPSA) is 112 Å². The summed E-state index contributed by atoms with van der Waals surface area (Å²) in [6.07, 6.45) is -0.447. The second-order valence-electron chi connectivity index (χ2n) is 7.38. The Morgan fingerprint density at radius 2 is 2.09 bits per heavy atom. The minimum absolute atomic E-state index is 0.0207. The number of amides is 1. The molecule has 1 aliphatic rings. The zero-order chi connectivity index (χ0) is 22.8. The first-order valence-corrected chi connectivity index (χ1v) is 11.0. The SMILES string of the molecule is CC(=O)N1CCc2cc(C(=O)C(C)OC(=O)CCn3nc(-c4cccs4)oc3=O)ccc21. The predicted octanol–water partition coefficient (Wildman–Crippen LogP) is 2.68. The first-order chi connectivity index (χ1) is 15.3. The van der Waals surface area contributed by atoms with Gasteiger partial charge in [-0.25, -0.2) is 4.79 Å². The van der Waals surface area contributed by atoms with Crippen molar-refractivity contribution < 1.29 is 23.5 Å². The number of carbonyl (C=O) groups excluding carboxylic acids is 3. The van der Waals surface area contributed by atoms with E-state index < -0.39 is 17.8 Å². The summed E-state index contributed by atoms with van der Waals surface area (Å²) >= 11 is 1.38. The van der Waals surface area contributed by atoms with Crippen molar-refractivity contribution >= 4 is 34.7 Å². The van der Waals surface area contributed by atoms with E-state index in [-0.39, 0.29) is 30.5 Å². The van der Waals surface area contributed by atoms with Crippen LogP contribution in [0.15, 0.2) is 44.9 Å². The molecule has 0 aliphatic carbocycles. The van der Waals surface area contributed by atoms with Crippen molar-refractivity contribution in [3.63, 3.8) is 0 Å². The Morgan fingerprint density at radius 3 is 2.81 bits per heavy atom. The van der Waals surface area contributed by atoms with Gasteiger partial charge < -0.3 is 14.1 Å². The summed E-state index contributed by atoms with van der Waals surface area (Å²) < 4.78 is 11.4. The van der Waals surface area contributed by atoms with Crippen LogP contribution < -0.4 is 10.7 Å². The highest BCUT2D eigenvalue weighted by Gasteiger charge is 2.25. The smallest absolute Gasteiger partial charge is 0.437 e. The Balaban J connectivity index is 1.35. The number of nitrogens with zero attached hydrogens (tertiary/aromatic N) is 3. The molecule has 0 radical (unpaired) electrons. The molecule has 4 rings (SSSR count). The molecule has 0 saturated carbocycles. The summed E-state index contributed by atoms with van der Waals surface area (Å²) in [5.41, 5.74) is 2.14. The van der Waals surface area contributed by atoms with Crippen molar-refractivity contribution in [2.75, 3.05) is 11.4 Å². The van der Waals surface area contributed by atoms with E-state index in [9.17, 15) is 19.2 Å². The summed E-state index contributed by atoms with van der Waals surface area (Å²) in [4.78, 5) is 50.9. The summed E-state index contributed by atoms with van der Waals surface area (Å²) in [7, 11) is 0. The fourth-order valence-corrected chi connectivity index (χ4v) is 4.22. The molecule has 10 heteroatoms. The number of carbonyl (C=O) groups is 3. The molecule has 0 spiro atoms. The Labute approximate surface area is 187 Å². The lowest BCUT2D eigenvalue weighted by Crippen LogP contribution is -2.26. The highest BCUT2D eigenvalue weighted by molar-refractivity contribution is 7.13. The lowest BCUT2D eigenvalue weighted by atomic mass is 10.0. The molecule has 3 heterocycles. The minimum Gasteiger partial charge on any atom is -0.454 e. The molecule has 1 unspecified atom stereocenters. The summed E-state index contributed by atoms with van der Waals surface area (Å²) in [5.74, 6) is -1.47. The molecule has 0 saturated heterocycles. The zero-order valence-corrected chi connectivity index (χ0v) is 18.4. The quantitative estimate of drug-likeness (QED) is 0.398. The number of aryl methyl sites for hydroxylation is 1. The van der Waals surface area contributed by atoms with Crippen molar-refractivity contribution in [1.29, 1.82) is 0 Å². The Kier molecular flexibility index (Phi) is 6.04. The largest absolute Gasteiger partial charge is 0.454 e. The molecule has 0 bridgehead atoms. The van der Waals surface area contributed by atoms with Gasteiger partial charge in [-0.1, -0.05) is 6.07 Å². The van der Waals surface area contributed by atoms with E-state index in [1.807, 2.05) is 11.4 Å². The fraction of sp³-hybridized carbons (Fsp3) is 0.318. The van der Waals surface area contributed by atoms with Gasteiger partial charge >= 0.3 is 11.7 Å². The van der Waals surface area contributed by atoms with E-state index in [2.05, 4.69) is 5.10 Å². The maximum Gasteiger partial charge on any atom is 0.437 e. The summed E-state index contributed by atoms with van der Waals surface area (Å²) in [5, 5.41) is 5.92. The lowest BCUT2D eigenvalue weighted by Gasteiger charge is -2.16. The number of aromatic nitrogens is 2. The summed E-state index contributed by atoms with van der Waals surface area (Å²) in [6, 6.07) is 8.71. The first kappa shape index (κ1) is 21.7. The van der Waals surface area contributed by atoms with Crippen LogP contribution in [0.1, 0.15) is 36.2 Å². The molecule has 166 valence electrons. The molecule has 32 heavy (non-hydrogen) atoms. The van der Waals surface area contributed by atoms with E-state index in [1.165, 1.54) is 25.2 Å². The number of ether oxygens (including phenoxy) is 1. The van der Waals surface area contributed by atoms with Gasteiger partial charge in [0, 0.05) is 24.7 Å². The van der Waals surface area contributed by atoms with Crippen LogP contribution in [0.2, 0.25) is 0 Å². The number of Topliss-reactive ketones (excluding diaryl/α,β-unsaturated/α-hetero) is 1. The molecule has 1 aromatic carbocycles. The second kappa shape index (κ2) is 8.91. The van der Waals surface area contributed by atoms with Crippen LogP contribution in [0, 0.1) is 0 Å². The van der Waals surface area contributed by atoms with Crippen LogP contribution in [-0.4, -0.2) is 40.1 Å². The number of rotatable bonds is 7. The monoisotopic (exact) mass is 455 g/mol. The highest BCUT2D eigenvalue weighted by Crippen LogP contribution is 2.29.